The summed E-state index contributed by atoms with van der Waals surface area (Å²) in [7, 11) is 0. The number of carbonyl (C=O) groups excluding carboxylic acids is 1. The molecule has 1 aromatic rings. The summed E-state index contributed by atoms with van der Waals surface area (Å²) in [6, 6.07) is 3.13. The molecule has 14 heavy (non-hydrogen) atoms. The van der Waals surface area contributed by atoms with E-state index in [9.17, 15) is 13.6 Å². The van der Waals surface area contributed by atoms with Crippen molar-refractivity contribution in [2.45, 2.75) is 31.2 Å². The van der Waals surface area contributed by atoms with Crippen LogP contribution in [-0.2, 0) is 0 Å². The molecular formula is C10H11F2NO. The summed E-state index contributed by atoms with van der Waals surface area (Å²) in [5.74, 6) is -2.56. The van der Waals surface area contributed by atoms with Crippen LogP contribution in [-0.4, -0.2) is 16.8 Å². The molecule has 1 atom stereocenters. The van der Waals surface area contributed by atoms with Crippen molar-refractivity contribution in [3.05, 3.63) is 24.0 Å². The van der Waals surface area contributed by atoms with Gasteiger partial charge in [0.1, 0.15) is 0 Å². The predicted molar refractivity (Wildman–Crippen MR) is 47.7 cm³/mol. The minimum Gasteiger partial charge on any atom is -0.342 e. The fourth-order valence-corrected chi connectivity index (χ4v) is 2.00. The van der Waals surface area contributed by atoms with Crippen molar-refractivity contribution in [2.24, 2.45) is 0 Å². The van der Waals surface area contributed by atoms with Crippen LogP contribution in [0.3, 0.4) is 0 Å². The molecule has 1 aromatic heterocycles. The van der Waals surface area contributed by atoms with Crippen LogP contribution in [0.5, 0.6) is 0 Å². The van der Waals surface area contributed by atoms with Gasteiger partial charge in [-0.15, -0.1) is 0 Å². The number of alkyl halides is 2. The minimum absolute atomic E-state index is 0.0753. The fraction of sp³-hybridized carbons (Fsp3) is 0.500. The zero-order valence-corrected chi connectivity index (χ0v) is 7.62. The molecule has 0 spiro atoms. The Kier molecular flexibility index (Phi) is 2.13. The van der Waals surface area contributed by atoms with E-state index in [4.69, 9.17) is 0 Å². The number of hydrogen-bond donors (Lipinski definition) is 0. The second kappa shape index (κ2) is 3.19. The van der Waals surface area contributed by atoms with Gasteiger partial charge in [0.15, 0.2) is 6.29 Å². The summed E-state index contributed by atoms with van der Waals surface area (Å²) in [4.78, 5) is 10.6. The number of carbonyl (C=O) groups is 1. The third-order valence-corrected chi connectivity index (χ3v) is 2.70. The summed E-state index contributed by atoms with van der Waals surface area (Å²) in [6.45, 7) is 0. The topological polar surface area (TPSA) is 22.0 Å². The number of rotatable bonds is 2. The van der Waals surface area contributed by atoms with E-state index in [1.165, 1.54) is 0 Å². The number of hydrogen-bond acceptors (Lipinski definition) is 1. The molecule has 0 amide bonds. The van der Waals surface area contributed by atoms with Crippen molar-refractivity contribution in [2.75, 3.05) is 0 Å². The van der Waals surface area contributed by atoms with Gasteiger partial charge in [-0.25, -0.2) is 8.78 Å². The fourth-order valence-electron chi connectivity index (χ4n) is 2.00. The molecule has 1 aliphatic carbocycles. The SMILES string of the molecule is O=Cc1cccn1C1CCC(F)(F)C1. The quantitative estimate of drug-likeness (QED) is 0.671. The maximum atomic E-state index is 12.9. The van der Waals surface area contributed by atoms with E-state index in [1.54, 1.807) is 22.9 Å². The molecule has 0 N–H and O–H groups in total. The highest BCUT2D eigenvalue weighted by Crippen LogP contribution is 2.41. The first kappa shape index (κ1) is 9.37. The molecule has 1 fully saturated rings. The van der Waals surface area contributed by atoms with Gasteiger partial charge in [0.2, 0.25) is 5.92 Å². The minimum atomic E-state index is -2.56. The molecule has 0 saturated heterocycles. The lowest BCUT2D eigenvalue weighted by molar-refractivity contribution is 0.00557. The van der Waals surface area contributed by atoms with E-state index in [2.05, 4.69) is 0 Å². The molecule has 76 valence electrons. The Morgan fingerprint density at radius 1 is 1.57 bits per heavy atom. The van der Waals surface area contributed by atoms with Gasteiger partial charge in [0, 0.05) is 25.1 Å². The van der Waals surface area contributed by atoms with Gasteiger partial charge in [-0.1, -0.05) is 0 Å². The van der Waals surface area contributed by atoms with Gasteiger partial charge < -0.3 is 4.57 Å². The number of nitrogens with zero attached hydrogens (tertiary/aromatic N) is 1. The first-order valence-corrected chi connectivity index (χ1v) is 4.62. The van der Waals surface area contributed by atoms with E-state index >= 15 is 0 Å². The van der Waals surface area contributed by atoms with Crippen molar-refractivity contribution in [1.29, 1.82) is 0 Å². The zero-order chi connectivity index (χ0) is 10.2. The Morgan fingerprint density at radius 3 is 2.93 bits per heavy atom. The zero-order valence-electron chi connectivity index (χ0n) is 7.62. The van der Waals surface area contributed by atoms with Crippen molar-refractivity contribution in [3.8, 4) is 0 Å². The largest absolute Gasteiger partial charge is 0.342 e. The Balaban J connectivity index is 2.21. The van der Waals surface area contributed by atoms with Crippen LogP contribution in [0.1, 0.15) is 35.8 Å². The molecule has 0 aliphatic heterocycles. The monoisotopic (exact) mass is 199 g/mol. The highest BCUT2D eigenvalue weighted by atomic mass is 19.3. The molecular weight excluding hydrogens is 188 g/mol. The lowest BCUT2D eigenvalue weighted by Crippen LogP contribution is -2.12. The van der Waals surface area contributed by atoms with Gasteiger partial charge in [0.05, 0.1) is 5.69 Å². The van der Waals surface area contributed by atoms with Crippen molar-refractivity contribution in [3.63, 3.8) is 0 Å². The Morgan fingerprint density at radius 2 is 2.36 bits per heavy atom. The molecule has 0 radical (unpaired) electrons. The Labute approximate surface area is 80.5 Å². The van der Waals surface area contributed by atoms with E-state index in [-0.39, 0.29) is 18.9 Å². The summed E-state index contributed by atoms with van der Waals surface area (Å²) < 4.78 is 27.5. The van der Waals surface area contributed by atoms with Crippen molar-refractivity contribution >= 4 is 6.29 Å². The van der Waals surface area contributed by atoms with Gasteiger partial charge in [-0.2, -0.15) is 0 Å². The first-order chi connectivity index (χ1) is 6.62. The Bertz CT molecular complexity index is 346. The van der Waals surface area contributed by atoms with Crippen LogP contribution in [0.2, 0.25) is 0 Å². The lowest BCUT2D eigenvalue weighted by Gasteiger charge is -2.14. The molecule has 1 aliphatic rings. The van der Waals surface area contributed by atoms with Crippen LogP contribution in [0.15, 0.2) is 18.3 Å². The number of halogens is 2. The Hall–Kier alpha value is -1.19. The van der Waals surface area contributed by atoms with Crippen LogP contribution < -0.4 is 0 Å². The second-order valence-electron chi connectivity index (χ2n) is 3.71. The van der Waals surface area contributed by atoms with Crippen molar-refractivity contribution < 1.29 is 13.6 Å². The van der Waals surface area contributed by atoms with E-state index in [0.717, 1.165) is 0 Å². The average Bonchev–Trinajstić information content (AvgIpc) is 2.70. The molecule has 1 heterocycles. The van der Waals surface area contributed by atoms with Gasteiger partial charge in [0.25, 0.3) is 0 Å². The highest BCUT2D eigenvalue weighted by Gasteiger charge is 2.40. The van der Waals surface area contributed by atoms with Crippen LogP contribution in [0.25, 0.3) is 0 Å². The molecule has 1 saturated carbocycles. The molecule has 1 unspecified atom stereocenters. The number of aldehydes is 1. The highest BCUT2D eigenvalue weighted by molar-refractivity contribution is 5.72. The molecule has 0 aromatic carbocycles. The molecule has 2 rings (SSSR count). The predicted octanol–water partition coefficient (Wildman–Crippen LogP) is 2.66. The van der Waals surface area contributed by atoms with Crippen LogP contribution >= 0.6 is 0 Å². The second-order valence-corrected chi connectivity index (χ2v) is 3.71. The van der Waals surface area contributed by atoms with E-state index < -0.39 is 5.92 Å². The molecule has 4 heteroatoms. The van der Waals surface area contributed by atoms with Gasteiger partial charge in [-0.3, -0.25) is 4.79 Å². The first-order valence-electron chi connectivity index (χ1n) is 4.62. The smallest absolute Gasteiger partial charge is 0.250 e. The third kappa shape index (κ3) is 1.56. The summed E-state index contributed by atoms with van der Waals surface area (Å²) in [6.07, 6.45) is 2.62. The summed E-state index contributed by atoms with van der Waals surface area (Å²) >= 11 is 0. The van der Waals surface area contributed by atoms with E-state index in [0.29, 0.717) is 18.4 Å². The van der Waals surface area contributed by atoms with Crippen LogP contribution in [0.4, 0.5) is 8.78 Å². The van der Waals surface area contributed by atoms with Gasteiger partial charge in [-0.05, 0) is 18.6 Å². The van der Waals surface area contributed by atoms with Gasteiger partial charge >= 0.3 is 0 Å². The summed E-state index contributed by atoms with van der Waals surface area (Å²) in [5.41, 5.74) is 0.479. The van der Waals surface area contributed by atoms with E-state index in [1.807, 2.05) is 0 Å². The summed E-state index contributed by atoms with van der Waals surface area (Å²) in [5, 5.41) is 0. The molecule has 2 nitrogen and oxygen atoms in total. The maximum Gasteiger partial charge on any atom is 0.250 e. The number of aromatic nitrogens is 1. The lowest BCUT2D eigenvalue weighted by atomic mass is 10.2. The van der Waals surface area contributed by atoms with Crippen molar-refractivity contribution in [1.82, 2.24) is 4.57 Å². The normalized spacial score (nSPS) is 25.1. The third-order valence-electron chi connectivity index (χ3n) is 2.70. The molecule has 0 bridgehead atoms. The van der Waals surface area contributed by atoms with Crippen LogP contribution in [0, 0.1) is 0 Å². The standard InChI is InChI=1S/C10H11F2NO/c11-10(12)4-3-8(6-10)13-5-1-2-9(13)7-14/h1-2,5,7-8H,3-4,6H2. The maximum absolute atomic E-state index is 12.9. The average molecular weight is 199 g/mol.